The van der Waals surface area contributed by atoms with Gasteiger partial charge in [0.25, 0.3) is 0 Å². The Morgan fingerprint density at radius 1 is 0.946 bits per heavy atom. The van der Waals surface area contributed by atoms with Gasteiger partial charge in [-0.1, -0.05) is 36.3 Å². The fraction of sp³-hybridized carbons (Fsp3) is 0.308. The summed E-state index contributed by atoms with van der Waals surface area (Å²) >= 11 is 0. The summed E-state index contributed by atoms with van der Waals surface area (Å²) in [5, 5.41) is 15.3. The number of rotatable bonds is 7. The fourth-order valence-corrected chi connectivity index (χ4v) is 3.16. The molecule has 37 heavy (non-hydrogen) atoms. The first-order valence-electron chi connectivity index (χ1n) is 11.4. The Labute approximate surface area is 212 Å². The second-order valence-corrected chi connectivity index (χ2v) is 7.87. The van der Waals surface area contributed by atoms with Crippen molar-refractivity contribution in [2.45, 2.75) is 25.6 Å². The highest BCUT2D eigenvalue weighted by Crippen LogP contribution is 2.13. The number of hydrogen-bond acceptors (Lipinski definition) is 7. The normalized spacial score (nSPS) is 13.1. The van der Waals surface area contributed by atoms with Crippen molar-refractivity contribution in [1.82, 2.24) is 20.1 Å². The molecule has 0 aliphatic carbocycles. The van der Waals surface area contributed by atoms with Gasteiger partial charge in [-0.2, -0.15) is 13.2 Å². The van der Waals surface area contributed by atoms with E-state index in [-0.39, 0.29) is 0 Å². The van der Waals surface area contributed by atoms with Crippen LogP contribution in [0.3, 0.4) is 0 Å². The van der Waals surface area contributed by atoms with E-state index in [1.807, 2.05) is 42.5 Å². The molecule has 11 heteroatoms. The van der Waals surface area contributed by atoms with Gasteiger partial charge in [-0.3, -0.25) is 4.90 Å². The molecule has 1 aromatic carbocycles. The van der Waals surface area contributed by atoms with E-state index >= 15 is 0 Å². The van der Waals surface area contributed by atoms with Crippen molar-refractivity contribution in [2.24, 2.45) is 0 Å². The zero-order valence-corrected chi connectivity index (χ0v) is 19.8. The van der Waals surface area contributed by atoms with Crippen LogP contribution in [0.2, 0.25) is 0 Å². The van der Waals surface area contributed by atoms with Gasteiger partial charge in [0.1, 0.15) is 18.9 Å². The van der Waals surface area contributed by atoms with Crippen molar-refractivity contribution >= 4 is 5.97 Å². The molecule has 8 nitrogen and oxygen atoms in total. The zero-order valence-electron chi connectivity index (χ0n) is 19.8. The largest absolute Gasteiger partial charge is 0.490 e. The molecule has 1 saturated heterocycles. The number of nitrogens with zero attached hydrogens (tertiary/aromatic N) is 4. The van der Waals surface area contributed by atoms with Gasteiger partial charge in [0.2, 0.25) is 11.8 Å². The molecule has 1 N–H and O–H groups in total. The lowest BCUT2D eigenvalue weighted by molar-refractivity contribution is -0.192. The minimum atomic E-state index is -5.08. The number of benzene rings is 1. The second kappa shape index (κ2) is 13.8. The Kier molecular flexibility index (Phi) is 10.2. The zero-order chi connectivity index (χ0) is 26.5. The number of halogens is 3. The predicted molar refractivity (Wildman–Crippen MR) is 128 cm³/mol. The summed E-state index contributed by atoms with van der Waals surface area (Å²) in [6, 6.07) is 17.3. The number of alkyl halides is 3. The highest BCUT2D eigenvalue weighted by Gasteiger charge is 2.38. The molecular weight excluding hydrogens is 489 g/mol. The number of ether oxygens (including phenoxy) is 2. The molecule has 0 amide bonds. The predicted octanol–water partition coefficient (Wildman–Crippen LogP) is 3.96. The summed E-state index contributed by atoms with van der Waals surface area (Å²) < 4.78 is 43.1. The maximum absolute atomic E-state index is 10.6. The summed E-state index contributed by atoms with van der Waals surface area (Å²) in [5.41, 5.74) is 2.46. The van der Waals surface area contributed by atoms with Crippen LogP contribution in [0, 0.1) is 11.8 Å². The van der Waals surface area contributed by atoms with E-state index in [1.54, 1.807) is 18.3 Å². The van der Waals surface area contributed by atoms with Crippen LogP contribution in [0.1, 0.15) is 29.7 Å². The molecule has 4 rings (SSSR count). The Morgan fingerprint density at radius 2 is 1.65 bits per heavy atom. The van der Waals surface area contributed by atoms with Gasteiger partial charge in [-0.15, -0.1) is 10.2 Å². The maximum Gasteiger partial charge on any atom is 0.490 e. The van der Waals surface area contributed by atoms with E-state index in [1.165, 1.54) is 25.9 Å². The van der Waals surface area contributed by atoms with Gasteiger partial charge in [0.15, 0.2) is 0 Å². The SMILES string of the molecule is C(#Cc1ccc(OCc2ccccc2)nn1)c1ccc(OCCN2CCCC2)nc1.O=C(O)C(F)(F)F. The van der Waals surface area contributed by atoms with Crippen molar-refractivity contribution in [3.63, 3.8) is 0 Å². The molecule has 1 aliphatic heterocycles. The molecule has 0 spiro atoms. The summed E-state index contributed by atoms with van der Waals surface area (Å²) in [6.45, 7) is 4.42. The lowest BCUT2D eigenvalue weighted by atomic mass is 10.2. The van der Waals surface area contributed by atoms with Crippen LogP contribution < -0.4 is 9.47 Å². The standard InChI is InChI=1S/C24H24N4O2.C2HF3O2/c1-2-6-21(7-3-1)19-30-24-13-11-22(26-27-24)10-8-20-9-12-23(25-18-20)29-17-16-28-14-4-5-15-28;3-2(4,5)1(6)7/h1-3,6-7,9,11-13,18H,4-5,14-17,19H2;(H,6,7). The fourth-order valence-electron chi connectivity index (χ4n) is 3.16. The molecule has 1 fully saturated rings. The Bertz CT molecular complexity index is 1170. The summed E-state index contributed by atoms with van der Waals surface area (Å²) in [5.74, 6) is 4.38. The Hall–Kier alpha value is -4.17. The van der Waals surface area contributed by atoms with Crippen molar-refractivity contribution < 1.29 is 32.5 Å². The van der Waals surface area contributed by atoms with Crippen LogP contribution in [-0.2, 0) is 11.4 Å². The molecule has 194 valence electrons. The van der Waals surface area contributed by atoms with Crippen LogP contribution in [0.25, 0.3) is 0 Å². The molecular formula is C26H25F3N4O4. The second-order valence-electron chi connectivity index (χ2n) is 7.87. The van der Waals surface area contributed by atoms with E-state index in [0.717, 1.165) is 17.7 Å². The average molecular weight is 515 g/mol. The third kappa shape index (κ3) is 10.1. The van der Waals surface area contributed by atoms with Crippen LogP contribution in [0.15, 0.2) is 60.8 Å². The van der Waals surface area contributed by atoms with Gasteiger partial charge in [-0.25, -0.2) is 9.78 Å². The highest BCUT2D eigenvalue weighted by molar-refractivity contribution is 5.73. The number of carboxylic acids is 1. The minimum Gasteiger partial charge on any atom is -0.476 e. The topological polar surface area (TPSA) is 97.7 Å². The van der Waals surface area contributed by atoms with Crippen molar-refractivity contribution in [2.75, 3.05) is 26.2 Å². The number of carbonyl (C=O) groups is 1. The Morgan fingerprint density at radius 3 is 2.24 bits per heavy atom. The lowest BCUT2D eigenvalue weighted by Gasteiger charge is -2.14. The quantitative estimate of drug-likeness (QED) is 0.474. The smallest absolute Gasteiger partial charge is 0.476 e. The van der Waals surface area contributed by atoms with Crippen molar-refractivity contribution in [3.8, 4) is 23.6 Å². The van der Waals surface area contributed by atoms with Gasteiger partial charge in [0.05, 0.1) is 0 Å². The molecule has 0 bridgehead atoms. The minimum absolute atomic E-state index is 0.457. The number of carboxylic acid groups (broad SMARTS) is 1. The molecule has 2 aromatic heterocycles. The maximum atomic E-state index is 10.6. The van der Waals surface area contributed by atoms with Crippen LogP contribution in [-0.4, -0.2) is 63.6 Å². The molecule has 0 saturated carbocycles. The summed E-state index contributed by atoms with van der Waals surface area (Å²) in [7, 11) is 0. The first-order valence-corrected chi connectivity index (χ1v) is 11.4. The van der Waals surface area contributed by atoms with Gasteiger partial charge in [0, 0.05) is 30.4 Å². The monoisotopic (exact) mass is 514 g/mol. The molecule has 0 atom stereocenters. The Balaban J connectivity index is 0.000000479. The van der Waals surface area contributed by atoms with E-state index in [0.29, 0.717) is 30.7 Å². The van der Waals surface area contributed by atoms with Crippen molar-refractivity contribution in [1.29, 1.82) is 0 Å². The van der Waals surface area contributed by atoms with E-state index < -0.39 is 12.1 Å². The number of hydrogen-bond donors (Lipinski definition) is 1. The van der Waals surface area contributed by atoms with Crippen LogP contribution >= 0.6 is 0 Å². The van der Waals surface area contributed by atoms with Gasteiger partial charge >= 0.3 is 12.1 Å². The third-order valence-corrected chi connectivity index (χ3v) is 5.04. The van der Waals surface area contributed by atoms with E-state index in [2.05, 4.69) is 31.9 Å². The highest BCUT2D eigenvalue weighted by atomic mass is 19.4. The van der Waals surface area contributed by atoms with E-state index in [4.69, 9.17) is 19.4 Å². The van der Waals surface area contributed by atoms with Gasteiger partial charge < -0.3 is 14.6 Å². The lowest BCUT2D eigenvalue weighted by Crippen LogP contribution is -2.25. The third-order valence-electron chi connectivity index (χ3n) is 5.04. The van der Waals surface area contributed by atoms with Gasteiger partial charge in [-0.05, 0) is 49.5 Å². The number of likely N-dealkylation sites (tertiary alicyclic amines) is 1. The first kappa shape index (κ1) is 27.4. The molecule has 0 radical (unpaired) electrons. The number of aliphatic carboxylic acids is 1. The molecule has 0 unspecified atom stereocenters. The number of pyridine rings is 1. The van der Waals surface area contributed by atoms with Crippen LogP contribution in [0.4, 0.5) is 13.2 Å². The molecule has 1 aliphatic rings. The first-order chi connectivity index (χ1) is 17.8. The van der Waals surface area contributed by atoms with E-state index in [9.17, 15) is 13.2 Å². The summed E-state index contributed by atoms with van der Waals surface area (Å²) in [4.78, 5) is 15.6. The molecule has 3 aromatic rings. The summed E-state index contributed by atoms with van der Waals surface area (Å²) in [6.07, 6.45) is -0.790. The molecule has 3 heterocycles. The van der Waals surface area contributed by atoms with Crippen molar-refractivity contribution in [3.05, 3.63) is 77.6 Å². The van der Waals surface area contributed by atoms with Crippen LogP contribution in [0.5, 0.6) is 11.8 Å². The number of aromatic nitrogens is 3. The average Bonchev–Trinajstić information content (AvgIpc) is 3.42.